The lowest BCUT2D eigenvalue weighted by Crippen LogP contribution is -2.46. The molecule has 0 radical (unpaired) electrons. The Morgan fingerprint density at radius 2 is 1.83 bits per heavy atom. The van der Waals surface area contributed by atoms with Crippen LogP contribution in [0.15, 0.2) is 48.5 Å². The van der Waals surface area contributed by atoms with Crippen molar-refractivity contribution in [2.24, 2.45) is 11.5 Å². The first-order valence-corrected chi connectivity index (χ1v) is 10.8. The fourth-order valence-corrected chi connectivity index (χ4v) is 5.05. The third-order valence-electron chi connectivity index (χ3n) is 6.66. The molecular weight excluding hydrogens is 400 g/mol. The van der Waals surface area contributed by atoms with E-state index in [1.54, 1.807) is 23.1 Å². The summed E-state index contributed by atoms with van der Waals surface area (Å²) < 4.78 is 0. The molecule has 4 N–H and O–H groups in total. The van der Waals surface area contributed by atoms with E-state index >= 15 is 0 Å². The fraction of sp³-hybridized carbons (Fsp3) is 0.391. The van der Waals surface area contributed by atoms with Crippen molar-refractivity contribution < 1.29 is 9.59 Å². The number of hydrogen-bond donors (Lipinski definition) is 2. The molecule has 4 rings (SSSR count). The Balaban J connectivity index is 1.46. The molecule has 0 unspecified atom stereocenters. The maximum absolute atomic E-state index is 13.1. The monoisotopic (exact) mass is 426 g/mol. The van der Waals surface area contributed by atoms with Crippen LogP contribution in [-0.4, -0.2) is 42.5 Å². The number of primary amides is 1. The minimum Gasteiger partial charge on any atom is -0.366 e. The molecule has 2 aromatic rings. The molecule has 1 saturated heterocycles. The van der Waals surface area contributed by atoms with Gasteiger partial charge in [-0.25, -0.2) is 4.79 Å². The van der Waals surface area contributed by atoms with Crippen LogP contribution in [0.4, 0.5) is 10.5 Å². The third kappa shape index (κ3) is 3.77. The number of halogens is 1. The summed E-state index contributed by atoms with van der Waals surface area (Å²) in [5.74, 6) is -0.494. The van der Waals surface area contributed by atoms with Crippen LogP contribution < -0.4 is 16.4 Å². The van der Waals surface area contributed by atoms with Crippen LogP contribution in [0.2, 0.25) is 5.02 Å². The van der Waals surface area contributed by atoms with Gasteiger partial charge in [-0.2, -0.15) is 0 Å². The van der Waals surface area contributed by atoms with Gasteiger partial charge in [-0.1, -0.05) is 29.8 Å². The standard InChI is InChI=1S/C23H27ClN4O2/c24-18-5-2-4-17(14-18)23(15-25)9-7-19(8-10-23)27-11-12-28(22(27)30)20-6-1-3-16(13-20)21(26)29/h1-6,13-14,19H,7-12,15,25H2,(H2,26,29). The summed E-state index contributed by atoms with van der Waals surface area (Å²) in [6.45, 7) is 1.85. The number of nitrogens with zero attached hydrogens (tertiary/aromatic N) is 2. The molecule has 2 aliphatic rings. The Morgan fingerprint density at radius 3 is 2.50 bits per heavy atom. The Kier molecular flexibility index (Phi) is 5.71. The Labute approximate surface area is 181 Å². The highest BCUT2D eigenvalue weighted by atomic mass is 35.5. The smallest absolute Gasteiger partial charge is 0.324 e. The quantitative estimate of drug-likeness (QED) is 0.766. The number of urea groups is 1. The molecule has 2 aromatic carbocycles. The van der Waals surface area contributed by atoms with E-state index in [4.69, 9.17) is 23.1 Å². The van der Waals surface area contributed by atoms with Gasteiger partial charge in [0.15, 0.2) is 0 Å². The highest BCUT2D eigenvalue weighted by Crippen LogP contribution is 2.41. The summed E-state index contributed by atoms with van der Waals surface area (Å²) >= 11 is 6.21. The van der Waals surface area contributed by atoms with Crippen molar-refractivity contribution >= 4 is 29.2 Å². The second kappa shape index (κ2) is 8.28. The van der Waals surface area contributed by atoms with Gasteiger partial charge in [0.25, 0.3) is 0 Å². The first-order chi connectivity index (χ1) is 14.4. The number of anilines is 1. The molecule has 0 bridgehead atoms. The highest BCUT2D eigenvalue weighted by molar-refractivity contribution is 6.30. The Hall–Kier alpha value is -2.57. The third-order valence-corrected chi connectivity index (χ3v) is 6.90. The Morgan fingerprint density at radius 1 is 1.10 bits per heavy atom. The minimum atomic E-state index is -0.494. The maximum atomic E-state index is 13.1. The summed E-state index contributed by atoms with van der Waals surface area (Å²) in [5, 5.41) is 0.728. The summed E-state index contributed by atoms with van der Waals surface area (Å²) in [6.07, 6.45) is 3.67. The molecule has 0 aromatic heterocycles. The lowest BCUT2D eigenvalue weighted by atomic mass is 9.68. The fourth-order valence-electron chi connectivity index (χ4n) is 4.86. The van der Waals surface area contributed by atoms with Crippen LogP contribution >= 0.6 is 11.6 Å². The van der Waals surface area contributed by atoms with Crippen LogP contribution in [0.25, 0.3) is 0 Å². The van der Waals surface area contributed by atoms with Gasteiger partial charge >= 0.3 is 6.03 Å². The second-order valence-corrected chi connectivity index (χ2v) is 8.70. The number of carbonyl (C=O) groups excluding carboxylic acids is 2. The van der Waals surface area contributed by atoms with Crippen molar-refractivity contribution in [3.63, 3.8) is 0 Å². The van der Waals surface area contributed by atoms with Gasteiger partial charge in [0.05, 0.1) is 0 Å². The molecule has 6 nitrogen and oxygen atoms in total. The number of amides is 3. The summed E-state index contributed by atoms with van der Waals surface area (Å²) in [4.78, 5) is 28.3. The first kappa shape index (κ1) is 20.7. The zero-order valence-corrected chi connectivity index (χ0v) is 17.6. The summed E-state index contributed by atoms with van der Waals surface area (Å²) in [6, 6.07) is 15.1. The lowest BCUT2D eigenvalue weighted by Gasteiger charge is -2.42. The SMILES string of the molecule is NCC1(c2cccc(Cl)c2)CCC(N2CCN(c3cccc(C(N)=O)c3)C2=O)CC1. The van der Waals surface area contributed by atoms with Gasteiger partial charge in [-0.3, -0.25) is 9.69 Å². The maximum Gasteiger partial charge on any atom is 0.324 e. The number of nitrogens with two attached hydrogens (primary N) is 2. The van der Waals surface area contributed by atoms with Gasteiger partial charge in [0, 0.05) is 47.4 Å². The molecule has 2 fully saturated rings. The average Bonchev–Trinajstić information content (AvgIpc) is 3.15. The van der Waals surface area contributed by atoms with Gasteiger partial charge in [-0.15, -0.1) is 0 Å². The van der Waals surface area contributed by atoms with Crippen molar-refractivity contribution in [2.75, 3.05) is 24.5 Å². The zero-order valence-electron chi connectivity index (χ0n) is 16.9. The summed E-state index contributed by atoms with van der Waals surface area (Å²) in [7, 11) is 0. The molecule has 0 atom stereocenters. The predicted octanol–water partition coefficient (Wildman–Crippen LogP) is 3.52. The normalized spacial score (nSPS) is 24.3. The average molecular weight is 427 g/mol. The molecule has 3 amide bonds. The largest absolute Gasteiger partial charge is 0.366 e. The molecule has 1 saturated carbocycles. The van der Waals surface area contributed by atoms with E-state index in [2.05, 4.69) is 6.07 Å². The second-order valence-electron chi connectivity index (χ2n) is 8.27. The van der Waals surface area contributed by atoms with E-state index in [-0.39, 0.29) is 17.5 Å². The molecule has 30 heavy (non-hydrogen) atoms. The van der Waals surface area contributed by atoms with Crippen molar-refractivity contribution in [3.8, 4) is 0 Å². The van der Waals surface area contributed by atoms with E-state index in [9.17, 15) is 9.59 Å². The molecule has 158 valence electrons. The van der Waals surface area contributed by atoms with Gasteiger partial charge in [0.2, 0.25) is 5.91 Å². The number of benzene rings is 2. The van der Waals surface area contributed by atoms with Crippen molar-refractivity contribution in [1.29, 1.82) is 0 Å². The molecule has 1 aliphatic heterocycles. The van der Waals surface area contributed by atoms with Crippen molar-refractivity contribution in [3.05, 3.63) is 64.7 Å². The van der Waals surface area contributed by atoms with Crippen LogP contribution in [-0.2, 0) is 5.41 Å². The van der Waals surface area contributed by atoms with E-state index in [1.807, 2.05) is 29.2 Å². The van der Waals surface area contributed by atoms with Crippen LogP contribution in [0, 0.1) is 0 Å². The molecule has 0 spiro atoms. The van der Waals surface area contributed by atoms with Crippen LogP contribution in [0.3, 0.4) is 0 Å². The predicted molar refractivity (Wildman–Crippen MR) is 119 cm³/mol. The minimum absolute atomic E-state index is 0.00961. The van der Waals surface area contributed by atoms with E-state index in [1.165, 1.54) is 5.56 Å². The van der Waals surface area contributed by atoms with E-state index in [0.717, 1.165) is 30.7 Å². The van der Waals surface area contributed by atoms with Crippen molar-refractivity contribution in [1.82, 2.24) is 4.90 Å². The number of rotatable bonds is 5. The van der Waals surface area contributed by atoms with Crippen molar-refractivity contribution in [2.45, 2.75) is 37.1 Å². The van der Waals surface area contributed by atoms with Crippen LogP contribution in [0.1, 0.15) is 41.6 Å². The molecular formula is C23H27ClN4O2. The summed E-state index contributed by atoms with van der Waals surface area (Å²) in [5.41, 5.74) is 13.8. The van der Waals surface area contributed by atoms with Crippen LogP contribution in [0.5, 0.6) is 0 Å². The van der Waals surface area contributed by atoms with Gasteiger partial charge in [0.1, 0.15) is 0 Å². The highest BCUT2D eigenvalue weighted by Gasteiger charge is 2.41. The number of hydrogen-bond acceptors (Lipinski definition) is 3. The topological polar surface area (TPSA) is 92.7 Å². The zero-order chi connectivity index (χ0) is 21.3. The van der Waals surface area contributed by atoms with Gasteiger partial charge < -0.3 is 16.4 Å². The molecule has 1 aliphatic carbocycles. The molecule has 7 heteroatoms. The van der Waals surface area contributed by atoms with E-state index < -0.39 is 5.91 Å². The lowest BCUT2D eigenvalue weighted by molar-refractivity contribution is 0.1000. The Bertz CT molecular complexity index is 956. The van der Waals surface area contributed by atoms with E-state index in [0.29, 0.717) is 30.9 Å². The molecule has 1 heterocycles. The number of carbonyl (C=O) groups is 2. The van der Waals surface area contributed by atoms with Gasteiger partial charge in [-0.05, 0) is 61.6 Å². The first-order valence-electron chi connectivity index (χ1n) is 10.4.